The first kappa shape index (κ1) is 28.2. The molecule has 0 amide bonds. The van der Waals surface area contributed by atoms with Crippen molar-refractivity contribution in [3.05, 3.63) is 76.6 Å². The van der Waals surface area contributed by atoms with Crippen LogP contribution in [0.25, 0.3) is 33.5 Å². The van der Waals surface area contributed by atoms with Crippen molar-refractivity contribution in [1.82, 2.24) is 9.66 Å². The Kier molecular flexibility index (Phi) is 8.09. The van der Waals surface area contributed by atoms with E-state index in [2.05, 4.69) is 5.10 Å². The maximum atomic E-state index is 13.6. The van der Waals surface area contributed by atoms with Crippen LogP contribution in [0.2, 0.25) is 0 Å². The Morgan fingerprint density at radius 1 is 0.952 bits per heavy atom. The lowest BCUT2D eigenvalue weighted by molar-refractivity contribution is -0.149. The summed E-state index contributed by atoms with van der Waals surface area (Å²) in [4.78, 5) is 30.4. The van der Waals surface area contributed by atoms with E-state index in [4.69, 9.17) is 33.1 Å². The number of rotatable bonds is 10. The maximum absolute atomic E-state index is 13.6. The molecule has 0 N–H and O–H groups in total. The minimum Gasteiger partial charge on any atom is -0.496 e. The topological polar surface area (TPSA) is 124 Å². The first-order valence-electron chi connectivity index (χ1n) is 13.0. The van der Waals surface area contributed by atoms with Gasteiger partial charge in [0.15, 0.2) is 23.9 Å². The van der Waals surface area contributed by atoms with Gasteiger partial charge in [-0.15, -0.1) is 0 Å². The predicted octanol–water partition coefficient (Wildman–Crippen LogP) is 5.05. The van der Waals surface area contributed by atoms with E-state index < -0.39 is 5.97 Å². The quantitative estimate of drug-likeness (QED) is 0.167. The van der Waals surface area contributed by atoms with E-state index in [1.165, 1.54) is 25.1 Å². The molecule has 0 fully saturated rings. The van der Waals surface area contributed by atoms with Crippen LogP contribution in [0.3, 0.4) is 0 Å². The summed E-state index contributed by atoms with van der Waals surface area (Å²) < 4.78 is 34.5. The molecule has 0 atom stereocenters. The Hall–Kier alpha value is -5.32. The highest BCUT2D eigenvalue weighted by atomic mass is 16.6. The Bertz CT molecular complexity index is 1830. The molecule has 216 valence electrons. The van der Waals surface area contributed by atoms with Gasteiger partial charge in [-0.2, -0.15) is 9.78 Å². The van der Waals surface area contributed by atoms with E-state index in [1.807, 2.05) is 12.1 Å². The second kappa shape index (κ2) is 12.0. The Morgan fingerprint density at radius 2 is 1.67 bits per heavy atom. The van der Waals surface area contributed by atoms with Crippen LogP contribution in [0.5, 0.6) is 23.0 Å². The van der Waals surface area contributed by atoms with Crippen LogP contribution >= 0.6 is 0 Å². The summed E-state index contributed by atoms with van der Waals surface area (Å²) in [6.07, 6.45) is 1.19. The lowest BCUT2D eigenvalue weighted by atomic mass is 10.2. The van der Waals surface area contributed by atoms with Crippen molar-refractivity contribution in [3.63, 3.8) is 0 Å². The number of carbonyl (C=O) groups is 1. The molecule has 0 spiro atoms. The van der Waals surface area contributed by atoms with Gasteiger partial charge in [-0.1, -0.05) is 18.2 Å². The van der Waals surface area contributed by atoms with Crippen LogP contribution in [-0.2, 0) is 9.53 Å². The van der Waals surface area contributed by atoms with E-state index in [0.29, 0.717) is 45.1 Å². The van der Waals surface area contributed by atoms with Crippen molar-refractivity contribution in [2.45, 2.75) is 20.0 Å². The maximum Gasteiger partial charge on any atom is 0.344 e. The Labute approximate surface area is 240 Å². The molecule has 0 aliphatic heterocycles. The summed E-state index contributed by atoms with van der Waals surface area (Å²) in [6.45, 7) is 3.17. The molecule has 0 radical (unpaired) electrons. The molecule has 0 aliphatic carbocycles. The number of carbonyl (C=O) groups excluding carboxylic acids is 1. The second-order valence-electron chi connectivity index (χ2n) is 9.38. The van der Waals surface area contributed by atoms with Gasteiger partial charge in [-0.25, -0.2) is 9.78 Å². The van der Waals surface area contributed by atoms with Gasteiger partial charge in [0, 0.05) is 5.56 Å². The number of aromatic nitrogens is 2. The van der Waals surface area contributed by atoms with Crippen LogP contribution in [0.15, 0.2) is 75.0 Å². The smallest absolute Gasteiger partial charge is 0.344 e. The SMILES string of the molecule is COc1cc(C=Nn2c(-c3cc4c(OC)cccc4o3)nc3ccccc3c2=O)cc(OC)c1OCC(=O)OC(C)C. The minimum atomic E-state index is -0.529. The molecule has 0 saturated carbocycles. The average molecular weight is 572 g/mol. The molecule has 0 aliphatic rings. The van der Waals surface area contributed by atoms with Crippen molar-refractivity contribution in [3.8, 4) is 34.6 Å². The van der Waals surface area contributed by atoms with Gasteiger partial charge in [0.2, 0.25) is 11.6 Å². The summed E-state index contributed by atoms with van der Waals surface area (Å²) in [6, 6.07) is 17.5. The predicted molar refractivity (Wildman–Crippen MR) is 157 cm³/mol. The number of hydrogen-bond acceptors (Lipinski definition) is 10. The summed E-state index contributed by atoms with van der Waals surface area (Å²) in [5.74, 6) is 1.44. The highest BCUT2D eigenvalue weighted by Gasteiger charge is 2.19. The lowest BCUT2D eigenvalue weighted by Gasteiger charge is -2.15. The van der Waals surface area contributed by atoms with Gasteiger partial charge in [0.05, 0.1) is 49.9 Å². The fraction of sp³-hybridized carbons (Fsp3) is 0.226. The number of nitrogens with zero attached hydrogens (tertiary/aromatic N) is 3. The summed E-state index contributed by atoms with van der Waals surface area (Å²) in [7, 11) is 4.49. The molecule has 3 aromatic carbocycles. The second-order valence-corrected chi connectivity index (χ2v) is 9.38. The van der Waals surface area contributed by atoms with Gasteiger partial charge in [-0.3, -0.25) is 4.79 Å². The highest BCUT2D eigenvalue weighted by molar-refractivity contribution is 5.89. The van der Waals surface area contributed by atoms with Crippen molar-refractivity contribution < 1.29 is 32.9 Å². The van der Waals surface area contributed by atoms with Gasteiger partial charge in [0.1, 0.15) is 11.3 Å². The number of para-hydroxylation sites is 1. The third-order valence-electron chi connectivity index (χ3n) is 6.22. The van der Waals surface area contributed by atoms with Crippen LogP contribution in [0.4, 0.5) is 0 Å². The van der Waals surface area contributed by atoms with E-state index in [9.17, 15) is 9.59 Å². The summed E-state index contributed by atoms with van der Waals surface area (Å²) in [5.41, 5.74) is 1.21. The standard InChI is InChI=1S/C31H29N3O8/c1-18(2)41-28(35)17-40-29-25(38-4)13-19(14-26(29)39-5)16-32-34-30(33-22-10-7-6-9-20(22)31(34)36)27-15-21-23(37-3)11-8-12-24(21)42-27/h6-16,18H,17H2,1-5H3. The lowest BCUT2D eigenvalue weighted by Crippen LogP contribution is -2.20. The van der Waals surface area contributed by atoms with Crippen LogP contribution in [0.1, 0.15) is 19.4 Å². The number of furan rings is 1. The van der Waals surface area contributed by atoms with Crippen molar-refractivity contribution in [2.24, 2.45) is 5.10 Å². The Morgan fingerprint density at radius 3 is 2.36 bits per heavy atom. The Balaban J connectivity index is 1.58. The van der Waals surface area contributed by atoms with E-state index >= 15 is 0 Å². The molecule has 5 rings (SSSR count). The molecule has 11 nitrogen and oxygen atoms in total. The zero-order valence-electron chi connectivity index (χ0n) is 23.7. The van der Waals surface area contributed by atoms with Crippen molar-refractivity contribution >= 4 is 34.1 Å². The van der Waals surface area contributed by atoms with Crippen LogP contribution < -0.4 is 24.5 Å². The van der Waals surface area contributed by atoms with E-state index in [0.717, 1.165) is 5.39 Å². The van der Waals surface area contributed by atoms with Crippen molar-refractivity contribution in [1.29, 1.82) is 0 Å². The normalized spacial score (nSPS) is 11.4. The fourth-order valence-electron chi connectivity index (χ4n) is 4.38. The third-order valence-corrected chi connectivity index (χ3v) is 6.22. The zero-order valence-corrected chi connectivity index (χ0v) is 23.7. The number of ether oxygens (including phenoxy) is 5. The van der Waals surface area contributed by atoms with Crippen molar-refractivity contribution in [2.75, 3.05) is 27.9 Å². The molecular weight excluding hydrogens is 542 g/mol. The van der Waals surface area contributed by atoms with Crippen LogP contribution in [-0.4, -0.2) is 55.9 Å². The summed E-state index contributed by atoms with van der Waals surface area (Å²) in [5, 5.41) is 5.62. The molecule has 42 heavy (non-hydrogen) atoms. The first-order valence-corrected chi connectivity index (χ1v) is 13.0. The average Bonchev–Trinajstić information content (AvgIpc) is 3.43. The molecule has 0 bridgehead atoms. The number of esters is 1. The number of hydrogen-bond donors (Lipinski definition) is 0. The van der Waals surface area contributed by atoms with Crippen LogP contribution in [0, 0.1) is 0 Å². The number of fused-ring (bicyclic) bond motifs is 2. The summed E-state index contributed by atoms with van der Waals surface area (Å²) >= 11 is 0. The van der Waals surface area contributed by atoms with Gasteiger partial charge in [-0.05, 0) is 56.3 Å². The van der Waals surface area contributed by atoms with Gasteiger partial charge in [0.25, 0.3) is 5.56 Å². The minimum absolute atomic E-state index is 0.204. The number of benzene rings is 3. The molecule has 2 aromatic heterocycles. The third kappa shape index (κ3) is 5.62. The monoisotopic (exact) mass is 571 g/mol. The molecular formula is C31H29N3O8. The molecule has 2 heterocycles. The molecule has 5 aromatic rings. The zero-order chi connectivity index (χ0) is 29.8. The molecule has 0 saturated heterocycles. The van der Waals surface area contributed by atoms with E-state index in [-0.39, 0.29) is 29.8 Å². The van der Waals surface area contributed by atoms with E-state index in [1.54, 1.807) is 69.5 Å². The first-order chi connectivity index (χ1) is 20.3. The van der Waals surface area contributed by atoms with Gasteiger partial charge >= 0.3 is 5.97 Å². The fourth-order valence-corrected chi connectivity index (χ4v) is 4.38. The largest absolute Gasteiger partial charge is 0.496 e. The molecule has 11 heteroatoms. The van der Waals surface area contributed by atoms with Gasteiger partial charge < -0.3 is 28.1 Å². The number of methoxy groups -OCH3 is 3. The highest BCUT2D eigenvalue weighted by Crippen LogP contribution is 2.38. The molecule has 0 unspecified atom stereocenters.